The average Bonchev–Trinajstić information content (AvgIpc) is 2.78. The van der Waals surface area contributed by atoms with Gasteiger partial charge in [0.05, 0.1) is 18.3 Å². The molecule has 1 aromatic rings. The second kappa shape index (κ2) is 6.64. The van der Waals surface area contributed by atoms with Crippen molar-refractivity contribution in [3.63, 3.8) is 0 Å². The van der Waals surface area contributed by atoms with Gasteiger partial charge in [0.25, 0.3) is 0 Å². The van der Waals surface area contributed by atoms with E-state index in [1.54, 1.807) is 0 Å². The summed E-state index contributed by atoms with van der Waals surface area (Å²) in [6.07, 6.45) is 3.06. The van der Waals surface area contributed by atoms with E-state index in [4.69, 9.17) is 9.53 Å². The second-order valence-electron chi connectivity index (χ2n) is 9.51. The van der Waals surface area contributed by atoms with Crippen molar-refractivity contribution in [1.29, 1.82) is 0 Å². The van der Waals surface area contributed by atoms with Crippen LogP contribution in [0.2, 0.25) is 18.1 Å². The minimum atomic E-state index is -1.74. The predicted octanol–water partition coefficient (Wildman–Crippen LogP) is 5.47. The summed E-state index contributed by atoms with van der Waals surface area (Å²) >= 11 is 0. The molecule has 0 saturated heterocycles. The van der Waals surface area contributed by atoms with E-state index in [1.807, 2.05) is 0 Å². The van der Waals surface area contributed by atoms with Crippen LogP contribution >= 0.6 is 0 Å². The lowest BCUT2D eigenvalue weighted by Gasteiger charge is -2.37. The lowest BCUT2D eigenvalue weighted by atomic mass is 9.99. The topological polar surface area (TPSA) is 24.8 Å². The maximum atomic E-state index is 6.49. The van der Waals surface area contributed by atoms with E-state index in [9.17, 15) is 0 Å². The van der Waals surface area contributed by atoms with Crippen molar-refractivity contribution in [1.82, 2.24) is 0 Å². The molecule has 2 rings (SSSR count). The van der Waals surface area contributed by atoms with E-state index < -0.39 is 8.32 Å². The minimum Gasteiger partial charge on any atom is -0.415 e. The standard InChI is InChI=1S/C20H34N2OSi/c1-19(2,3)15-21-22-17(13-16-11-9-10-12-18(16)22)14-23-24(7,8)20(4,5)6/h9-12,15,17H,13-14H2,1-8H3/b21-15+/t17-/m0/s1. The summed E-state index contributed by atoms with van der Waals surface area (Å²) in [5, 5.41) is 7.23. The Morgan fingerprint density at radius 2 is 1.79 bits per heavy atom. The van der Waals surface area contributed by atoms with Crippen molar-refractivity contribution in [2.45, 2.75) is 72.1 Å². The van der Waals surface area contributed by atoms with Gasteiger partial charge >= 0.3 is 0 Å². The summed E-state index contributed by atoms with van der Waals surface area (Å²) < 4.78 is 6.49. The molecule has 1 heterocycles. The van der Waals surface area contributed by atoms with Crippen LogP contribution in [0.3, 0.4) is 0 Å². The number of fused-ring (bicyclic) bond motifs is 1. The van der Waals surface area contributed by atoms with Gasteiger partial charge in [0, 0.05) is 6.21 Å². The second-order valence-corrected chi connectivity index (χ2v) is 14.3. The quantitative estimate of drug-likeness (QED) is 0.533. The maximum Gasteiger partial charge on any atom is 0.192 e. The Hall–Kier alpha value is -1.13. The van der Waals surface area contributed by atoms with Crippen molar-refractivity contribution in [2.75, 3.05) is 11.6 Å². The molecule has 0 saturated carbocycles. The number of rotatable bonds is 4. The summed E-state index contributed by atoms with van der Waals surface area (Å²) in [4.78, 5) is 0. The zero-order chi connectivity index (χ0) is 18.2. The fourth-order valence-electron chi connectivity index (χ4n) is 2.49. The minimum absolute atomic E-state index is 0.0718. The molecule has 0 N–H and O–H groups in total. The molecule has 0 unspecified atom stereocenters. The molecule has 0 bridgehead atoms. The zero-order valence-corrected chi connectivity index (χ0v) is 17.7. The first-order valence-electron chi connectivity index (χ1n) is 8.97. The SMILES string of the molecule is CC(C)(C)/C=N/N1c2ccccc2C[C@H]1CO[Si](C)(C)C(C)(C)C. The summed E-state index contributed by atoms with van der Waals surface area (Å²) in [7, 11) is -1.74. The Balaban J connectivity index is 2.18. The monoisotopic (exact) mass is 346 g/mol. The number of hydrazone groups is 1. The summed E-state index contributed by atoms with van der Waals surface area (Å²) in [6, 6.07) is 8.87. The van der Waals surface area contributed by atoms with Crippen molar-refractivity contribution in [3.8, 4) is 0 Å². The van der Waals surface area contributed by atoms with E-state index >= 15 is 0 Å². The molecular weight excluding hydrogens is 312 g/mol. The van der Waals surface area contributed by atoms with Gasteiger partial charge in [0.1, 0.15) is 0 Å². The molecule has 1 aliphatic rings. The Kier molecular flexibility index (Phi) is 5.31. The molecule has 0 fully saturated rings. The fraction of sp³-hybridized carbons (Fsp3) is 0.650. The van der Waals surface area contributed by atoms with Gasteiger partial charge in [-0.3, -0.25) is 5.01 Å². The molecule has 0 amide bonds. The predicted molar refractivity (Wildman–Crippen MR) is 108 cm³/mol. The normalized spacial score (nSPS) is 19.2. The van der Waals surface area contributed by atoms with Gasteiger partial charge < -0.3 is 4.43 Å². The lowest BCUT2D eigenvalue weighted by molar-refractivity contribution is 0.261. The van der Waals surface area contributed by atoms with Gasteiger partial charge in [-0.2, -0.15) is 5.10 Å². The van der Waals surface area contributed by atoms with Gasteiger partial charge in [-0.1, -0.05) is 59.7 Å². The smallest absolute Gasteiger partial charge is 0.192 e. The summed E-state index contributed by atoms with van der Waals surface area (Å²) in [5.41, 5.74) is 2.66. The van der Waals surface area contributed by atoms with Crippen LogP contribution in [0, 0.1) is 5.41 Å². The van der Waals surface area contributed by atoms with E-state index in [2.05, 4.69) is 90.1 Å². The highest BCUT2D eigenvalue weighted by molar-refractivity contribution is 6.74. The van der Waals surface area contributed by atoms with Crippen LogP contribution in [-0.4, -0.2) is 27.2 Å². The van der Waals surface area contributed by atoms with Crippen LogP contribution < -0.4 is 5.01 Å². The molecular formula is C20H34N2OSi. The van der Waals surface area contributed by atoms with Gasteiger partial charge in [-0.25, -0.2) is 0 Å². The highest BCUT2D eigenvalue weighted by Gasteiger charge is 2.39. The number of hydrogen-bond donors (Lipinski definition) is 0. The molecule has 0 spiro atoms. The van der Waals surface area contributed by atoms with Gasteiger partial charge in [0.2, 0.25) is 0 Å². The van der Waals surface area contributed by atoms with Gasteiger partial charge in [-0.15, -0.1) is 0 Å². The zero-order valence-electron chi connectivity index (χ0n) is 16.7. The number of anilines is 1. The number of hydrogen-bond acceptors (Lipinski definition) is 3. The van der Waals surface area contributed by atoms with E-state index in [-0.39, 0.29) is 16.5 Å². The van der Waals surface area contributed by atoms with Crippen LogP contribution in [0.4, 0.5) is 5.69 Å². The van der Waals surface area contributed by atoms with Crippen LogP contribution in [0.25, 0.3) is 0 Å². The largest absolute Gasteiger partial charge is 0.415 e. The van der Waals surface area contributed by atoms with Gasteiger partial charge in [0.15, 0.2) is 8.32 Å². The van der Waals surface area contributed by atoms with Gasteiger partial charge in [-0.05, 0) is 41.6 Å². The molecule has 3 nitrogen and oxygen atoms in total. The number of para-hydroxylation sites is 1. The molecule has 1 aromatic carbocycles. The van der Waals surface area contributed by atoms with Crippen molar-refractivity contribution in [2.24, 2.45) is 10.5 Å². The lowest BCUT2D eigenvalue weighted by Crippen LogP contribution is -2.44. The molecule has 134 valence electrons. The third-order valence-electron chi connectivity index (χ3n) is 5.05. The van der Waals surface area contributed by atoms with E-state index in [1.165, 1.54) is 11.3 Å². The summed E-state index contributed by atoms with van der Waals surface area (Å²) in [5.74, 6) is 0. The highest BCUT2D eigenvalue weighted by Crippen LogP contribution is 2.38. The fourth-order valence-corrected chi connectivity index (χ4v) is 3.53. The molecule has 4 heteroatoms. The Morgan fingerprint density at radius 1 is 1.17 bits per heavy atom. The first-order valence-corrected chi connectivity index (χ1v) is 11.9. The van der Waals surface area contributed by atoms with Crippen LogP contribution in [0.5, 0.6) is 0 Å². The van der Waals surface area contributed by atoms with Crippen molar-refractivity contribution < 1.29 is 4.43 Å². The molecule has 0 aliphatic carbocycles. The molecule has 24 heavy (non-hydrogen) atoms. The van der Waals surface area contributed by atoms with Crippen LogP contribution in [-0.2, 0) is 10.8 Å². The van der Waals surface area contributed by atoms with E-state index in [0.717, 1.165) is 13.0 Å². The molecule has 0 aromatic heterocycles. The molecule has 1 atom stereocenters. The average molecular weight is 347 g/mol. The first-order chi connectivity index (χ1) is 10.9. The van der Waals surface area contributed by atoms with Crippen LogP contribution in [0.15, 0.2) is 29.4 Å². The third kappa shape index (κ3) is 4.48. The highest BCUT2D eigenvalue weighted by atomic mass is 28.4. The van der Waals surface area contributed by atoms with Crippen molar-refractivity contribution in [3.05, 3.63) is 29.8 Å². The molecule has 1 aliphatic heterocycles. The van der Waals surface area contributed by atoms with E-state index in [0.29, 0.717) is 0 Å². The first kappa shape index (κ1) is 19.2. The molecule has 0 radical (unpaired) electrons. The Bertz CT molecular complexity index is 596. The third-order valence-corrected chi connectivity index (χ3v) is 9.55. The van der Waals surface area contributed by atoms with Crippen LogP contribution in [0.1, 0.15) is 47.1 Å². The summed E-state index contributed by atoms with van der Waals surface area (Å²) in [6.45, 7) is 18.8. The Labute approximate surface area is 149 Å². The number of benzene rings is 1. The number of nitrogens with zero attached hydrogens (tertiary/aromatic N) is 2. The Morgan fingerprint density at radius 3 is 2.38 bits per heavy atom. The maximum absolute atomic E-state index is 6.49. The van der Waals surface area contributed by atoms with Crippen molar-refractivity contribution >= 4 is 20.2 Å².